The van der Waals surface area contributed by atoms with Crippen molar-refractivity contribution in [1.82, 2.24) is 14.9 Å². The number of hydrogen-bond acceptors (Lipinski definition) is 4. The highest BCUT2D eigenvalue weighted by Crippen LogP contribution is 2.37. The summed E-state index contributed by atoms with van der Waals surface area (Å²) in [5.74, 6) is 0.0318. The first-order valence-electron chi connectivity index (χ1n) is 8.42. The van der Waals surface area contributed by atoms with Crippen molar-refractivity contribution >= 4 is 16.9 Å². The Hall–Kier alpha value is -1.95. The maximum atomic E-state index is 14.7. The van der Waals surface area contributed by atoms with Crippen LogP contribution in [0.15, 0.2) is 23.1 Å². The van der Waals surface area contributed by atoms with E-state index in [-0.39, 0.29) is 11.2 Å². The van der Waals surface area contributed by atoms with Crippen molar-refractivity contribution in [3.05, 3.63) is 34.4 Å². The number of hydrogen-bond donors (Lipinski definition) is 1. The molecular formula is C17H19FN4O. The number of anilines is 1. The summed E-state index contributed by atoms with van der Waals surface area (Å²) in [4.78, 5) is 18.8. The largest absolute Gasteiger partial charge is 0.348 e. The first kappa shape index (κ1) is 13.5. The van der Waals surface area contributed by atoms with Gasteiger partial charge < -0.3 is 14.8 Å². The summed E-state index contributed by atoms with van der Waals surface area (Å²) in [6.07, 6.45) is 6.22. The standard InChI is InChI=1S/C17H19FN4O/c18-14-7-13-15(23)5-6-21(11-3-4-11)16(13)20-17(14)22-9-10-1-2-12(22)8-19-10/h5-7,10-12,19H,1-4,8-9H2. The average molecular weight is 314 g/mol. The minimum atomic E-state index is -0.379. The zero-order valence-corrected chi connectivity index (χ0v) is 12.8. The van der Waals surface area contributed by atoms with Crippen molar-refractivity contribution < 1.29 is 4.39 Å². The van der Waals surface area contributed by atoms with Gasteiger partial charge in [-0.2, -0.15) is 0 Å². The Morgan fingerprint density at radius 3 is 2.70 bits per heavy atom. The number of halogens is 1. The summed E-state index contributed by atoms with van der Waals surface area (Å²) in [5, 5.41) is 3.87. The number of pyridine rings is 2. The van der Waals surface area contributed by atoms with Gasteiger partial charge in [0.25, 0.3) is 0 Å². The van der Waals surface area contributed by atoms with Gasteiger partial charge in [-0.1, -0.05) is 0 Å². The molecule has 3 aliphatic heterocycles. The molecule has 6 rings (SSSR count). The minimum absolute atomic E-state index is 0.156. The van der Waals surface area contributed by atoms with Crippen molar-refractivity contribution in [3.8, 4) is 0 Å². The molecule has 2 bridgehead atoms. The molecule has 4 fully saturated rings. The summed E-state index contributed by atoms with van der Waals surface area (Å²) in [7, 11) is 0. The Kier molecular flexibility index (Phi) is 2.80. The number of aromatic nitrogens is 2. The Bertz CT molecular complexity index is 836. The molecule has 5 nitrogen and oxygen atoms in total. The molecule has 1 N–H and O–H groups in total. The second-order valence-corrected chi connectivity index (χ2v) is 6.97. The van der Waals surface area contributed by atoms with Crippen LogP contribution in [0.3, 0.4) is 0 Å². The Morgan fingerprint density at radius 2 is 2.04 bits per heavy atom. The van der Waals surface area contributed by atoms with Gasteiger partial charge in [-0.05, 0) is 31.7 Å². The van der Waals surface area contributed by atoms with Gasteiger partial charge in [0.2, 0.25) is 0 Å². The molecule has 1 saturated carbocycles. The highest BCUT2D eigenvalue weighted by molar-refractivity contribution is 5.77. The van der Waals surface area contributed by atoms with Gasteiger partial charge in [0.05, 0.1) is 5.39 Å². The quantitative estimate of drug-likeness (QED) is 0.918. The zero-order chi connectivity index (χ0) is 15.6. The molecular weight excluding hydrogens is 295 g/mol. The van der Waals surface area contributed by atoms with E-state index in [4.69, 9.17) is 0 Å². The maximum absolute atomic E-state index is 14.7. The summed E-state index contributed by atoms with van der Waals surface area (Å²) in [6.45, 7) is 1.68. The molecule has 3 saturated heterocycles. The Balaban J connectivity index is 1.68. The first-order chi connectivity index (χ1) is 11.2. The lowest BCUT2D eigenvalue weighted by Gasteiger charge is -2.46. The summed E-state index contributed by atoms with van der Waals surface area (Å²) in [6, 6.07) is 4.02. The topological polar surface area (TPSA) is 50.2 Å². The summed E-state index contributed by atoms with van der Waals surface area (Å²) in [5.41, 5.74) is 0.475. The molecule has 2 unspecified atom stereocenters. The SMILES string of the molecule is O=c1ccn(C2CC2)c2nc(N3CC4CCC3CN4)c(F)cc12. The lowest BCUT2D eigenvalue weighted by Crippen LogP contribution is -2.61. The molecule has 2 aromatic heterocycles. The molecule has 4 aliphatic rings. The van der Waals surface area contributed by atoms with Crippen molar-refractivity contribution in [2.45, 2.75) is 43.8 Å². The number of fused-ring (bicyclic) bond motifs is 4. The number of piperidine rings is 2. The van der Waals surface area contributed by atoms with Crippen molar-refractivity contribution in [1.29, 1.82) is 0 Å². The second kappa shape index (κ2) is 4.77. The summed E-state index contributed by atoms with van der Waals surface area (Å²) < 4.78 is 16.7. The van der Waals surface area contributed by atoms with E-state index in [2.05, 4.69) is 15.2 Å². The molecule has 5 heterocycles. The van der Waals surface area contributed by atoms with E-state index >= 15 is 0 Å². The zero-order valence-electron chi connectivity index (χ0n) is 12.8. The van der Waals surface area contributed by atoms with Gasteiger partial charge in [0.1, 0.15) is 5.65 Å². The van der Waals surface area contributed by atoms with Crippen LogP contribution >= 0.6 is 0 Å². The lowest BCUT2D eigenvalue weighted by molar-refractivity contribution is 0.287. The number of rotatable bonds is 2. The molecule has 0 spiro atoms. The molecule has 0 aromatic carbocycles. The van der Waals surface area contributed by atoms with Crippen LogP contribution < -0.4 is 15.6 Å². The van der Waals surface area contributed by atoms with Crippen LogP contribution in [0.2, 0.25) is 0 Å². The van der Waals surface area contributed by atoms with E-state index in [1.54, 1.807) is 6.20 Å². The molecule has 120 valence electrons. The fourth-order valence-electron chi connectivity index (χ4n) is 3.97. The van der Waals surface area contributed by atoms with Crippen LogP contribution in [0.1, 0.15) is 31.7 Å². The van der Waals surface area contributed by atoms with Crippen LogP contribution in [0.5, 0.6) is 0 Å². The Labute approximate surface area is 133 Å². The smallest absolute Gasteiger partial charge is 0.191 e. The van der Waals surface area contributed by atoms with Crippen LogP contribution in [-0.4, -0.2) is 34.7 Å². The van der Waals surface area contributed by atoms with E-state index in [0.717, 1.165) is 38.8 Å². The number of piperazine rings is 1. The van der Waals surface area contributed by atoms with Crippen LogP contribution in [0, 0.1) is 5.82 Å². The predicted octanol–water partition coefficient (Wildman–Crippen LogP) is 1.81. The average Bonchev–Trinajstić information content (AvgIpc) is 3.41. The van der Waals surface area contributed by atoms with E-state index in [0.29, 0.717) is 35.0 Å². The second-order valence-electron chi connectivity index (χ2n) is 6.97. The predicted molar refractivity (Wildman–Crippen MR) is 86.4 cm³/mol. The highest BCUT2D eigenvalue weighted by atomic mass is 19.1. The fourth-order valence-corrected chi connectivity index (χ4v) is 3.97. The molecule has 2 aromatic rings. The lowest BCUT2D eigenvalue weighted by atomic mass is 9.93. The Morgan fingerprint density at radius 1 is 1.22 bits per heavy atom. The van der Waals surface area contributed by atoms with Crippen LogP contribution in [-0.2, 0) is 0 Å². The first-order valence-corrected chi connectivity index (χ1v) is 8.42. The van der Waals surface area contributed by atoms with Crippen molar-refractivity contribution in [3.63, 3.8) is 0 Å². The molecule has 23 heavy (non-hydrogen) atoms. The van der Waals surface area contributed by atoms with Gasteiger partial charge in [-0.3, -0.25) is 4.79 Å². The van der Waals surface area contributed by atoms with Crippen molar-refractivity contribution in [2.24, 2.45) is 0 Å². The third-order valence-electron chi connectivity index (χ3n) is 5.39. The van der Waals surface area contributed by atoms with E-state index in [9.17, 15) is 9.18 Å². The summed E-state index contributed by atoms with van der Waals surface area (Å²) >= 11 is 0. The highest BCUT2D eigenvalue weighted by Gasteiger charge is 2.36. The van der Waals surface area contributed by atoms with Crippen LogP contribution in [0.4, 0.5) is 10.2 Å². The normalized spacial score (nSPS) is 26.9. The van der Waals surface area contributed by atoms with E-state index in [1.165, 1.54) is 12.1 Å². The van der Waals surface area contributed by atoms with Gasteiger partial charge >= 0.3 is 0 Å². The molecule has 6 heteroatoms. The van der Waals surface area contributed by atoms with Gasteiger partial charge in [0, 0.05) is 43.5 Å². The maximum Gasteiger partial charge on any atom is 0.191 e. The minimum Gasteiger partial charge on any atom is -0.348 e. The molecule has 1 aliphatic carbocycles. The molecule has 0 radical (unpaired) electrons. The van der Waals surface area contributed by atoms with Gasteiger partial charge in [-0.25, -0.2) is 9.37 Å². The van der Waals surface area contributed by atoms with E-state index in [1.807, 2.05) is 4.57 Å². The number of nitrogens with zero attached hydrogens (tertiary/aromatic N) is 3. The van der Waals surface area contributed by atoms with E-state index < -0.39 is 0 Å². The van der Waals surface area contributed by atoms with Gasteiger partial charge in [0.15, 0.2) is 17.1 Å². The third kappa shape index (κ3) is 2.08. The van der Waals surface area contributed by atoms with Crippen LogP contribution in [0.25, 0.3) is 11.0 Å². The molecule has 2 atom stereocenters. The fraction of sp³-hybridized carbons (Fsp3) is 0.529. The van der Waals surface area contributed by atoms with Gasteiger partial charge in [-0.15, -0.1) is 0 Å². The number of nitrogens with one attached hydrogen (secondary N) is 1. The third-order valence-corrected chi connectivity index (χ3v) is 5.39. The molecule has 0 amide bonds. The monoisotopic (exact) mass is 314 g/mol. The van der Waals surface area contributed by atoms with Crippen molar-refractivity contribution in [2.75, 3.05) is 18.0 Å².